The first-order valence-electron chi connectivity index (χ1n) is 18.1. The van der Waals surface area contributed by atoms with Crippen LogP contribution in [0.15, 0.2) is 96.1 Å². The minimum absolute atomic E-state index is 0.684. The van der Waals surface area contributed by atoms with Gasteiger partial charge in [-0.25, -0.2) is 0 Å². The van der Waals surface area contributed by atoms with Gasteiger partial charge < -0.3 is 0 Å². The van der Waals surface area contributed by atoms with Gasteiger partial charge in [0.15, 0.2) is 0 Å². The fraction of sp³-hybridized carbons (Fsp3) is 0.364. The van der Waals surface area contributed by atoms with Crippen LogP contribution < -0.4 is 0 Å². The normalized spacial score (nSPS) is 19.1. The molecule has 0 saturated carbocycles. The summed E-state index contributed by atoms with van der Waals surface area (Å²) >= 11 is -0.957. The molecule has 4 bridgehead atoms. The van der Waals surface area contributed by atoms with Gasteiger partial charge in [0.05, 0.1) is 0 Å². The number of unbranched alkanes of at least 4 members (excludes halogenated alkanes) is 2. The van der Waals surface area contributed by atoms with Gasteiger partial charge in [0.2, 0.25) is 0 Å². The third kappa shape index (κ3) is 5.27. The van der Waals surface area contributed by atoms with E-state index in [0.29, 0.717) is 7.25 Å². The number of aryl methyl sites for hydroxylation is 2. The molecule has 0 radical (unpaired) electrons. The molecule has 7 rings (SSSR count). The van der Waals surface area contributed by atoms with Crippen LogP contribution in [-0.4, -0.2) is 8.07 Å². The third-order valence-electron chi connectivity index (χ3n) is 11.2. The molecule has 0 nitrogen and oxygen atoms in total. The van der Waals surface area contributed by atoms with E-state index in [0.717, 1.165) is 12.8 Å². The molecule has 2 unspecified atom stereocenters. The Kier molecular flexibility index (Phi) is 9.17. The first-order chi connectivity index (χ1) is 22.4. The van der Waals surface area contributed by atoms with Crippen LogP contribution in [0.4, 0.5) is 0 Å². The second-order valence-electron chi connectivity index (χ2n) is 14.3. The van der Waals surface area contributed by atoms with Gasteiger partial charge in [-0.1, -0.05) is 0 Å². The van der Waals surface area contributed by atoms with E-state index in [4.69, 9.17) is 0 Å². The first-order valence-corrected chi connectivity index (χ1v) is 23.9. The van der Waals surface area contributed by atoms with Gasteiger partial charge in [-0.15, -0.1) is 0 Å². The Hall–Kier alpha value is -2.54. The van der Waals surface area contributed by atoms with Crippen molar-refractivity contribution in [3.63, 3.8) is 0 Å². The van der Waals surface area contributed by atoms with E-state index in [1.807, 2.05) is 21.5 Å². The van der Waals surface area contributed by atoms with E-state index in [1.165, 1.54) is 71.9 Å². The summed E-state index contributed by atoms with van der Waals surface area (Å²) in [5, 5.41) is 3.65. The van der Waals surface area contributed by atoms with Crippen molar-refractivity contribution in [3.05, 3.63) is 129 Å². The zero-order valence-corrected chi connectivity index (χ0v) is 32.4. The summed E-state index contributed by atoms with van der Waals surface area (Å²) in [5.74, 6) is 0. The van der Waals surface area contributed by atoms with Crippen molar-refractivity contribution in [3.8, 4) is 22.3 Å². The van der Waals surface area contributed by atoms with Gasteiger partial charge in [-0.05, 0) is 0 Å². The van der Waals surface area contributed by atoms with Crippen LogP contribution in [0.3, 0.4) is 0 Å². The summed E-state index contributed by atoms with van der Waals surface area (Å²) in [7, 11) is -2.15. The van der Waals surface area contributed by atoms with Gasteiger partial charge >= 0.3 is 293 Å². The third-order valence-corrected chi connectivity index (χ3v) is 19.7. The van der Waals surface area contributed by atoms with Crippen LogP contribution in [0.25, 0.3) is 32.6 Å². The number of rotatable bonds is 10. The molecule has 2 heteroatoms. The van der Waals surface area contributed by atoms with Crippen LogP contribution in [0.1, 0.15) is 107 Å². The van der Waals surface area contributed by atoms with E-state index < -0.39 is 31.3 Å². The molecule has 4 aromatic rings. The van der Waals surface area contributed by atoms with Crippen LogP contribution in [-0.2, 0) is 36.1 Å². The average Bonchev–Trinajstić information content (AvgIpc) is 3.60. The molecule has 4 aromatic carbocycles. The Labute approximate surface area is 291 Å². The molecule has 0 amide bonds. The zero-order valence-electron chi connectivity index (χ0n) is 28.9. The number of hydrogen-bond donors (Lipinski definition) is 0. The van der Waals surface area contributed by atoms with Gasteiger partial charge in [-0.3, -0.25) is 0 Å². The number of benzene rings is 4. The topological polar surface area (TPSA) is 0 Å². The minimum atomic E-state index is -2.15. The molecule has 1 aliphatic heterocycles. The van der Waals surface area contributed by atoms with E-state index in [2.05, 4.69) is 126 Å². The molecule has 1 heterocycles. The molecule has 3 aliphatic rings. The predicted molar refractivity (Wildman–Crippen MR) is 198 cm³/mol. The summed E-state index contributed by atoms with van der Waals surface area (Å²) in [6.45, 7) is 14.8. The van der Waals surface area contributed by atoms with Crippen LogP contribution >= 0.6 is 0 Å². The quantitative estimate of drug-likeness (QED) is 0.145. The van der Waals surface area contributed by atoms with E-state index >= 15 is 0 Å². The van der Waals surface area contributed by atoms with E-state index in [-0.39, 0.29) is 0 Å². The molecule has 0 fully saturated rings. The zero-order chi connectivity index (χ0) is 32.0. The van der Waals surface area contributed by atoms with Crippen molar-refractivity contribution in [2.75, 3.05) is 0 Å². The molecule has 0 saturated heterocycles. The standard InChI is InChI=1S/C44H50Si.Zr/c1-7-11-15-37-29-35-17-13-19-39(33-25-21-31(9-3)22-26-33)41(35)43(37)45(5,6)44-38(16-12-8-2)30-36-18-14-20-40(42(36)44)34-27-23-32(10-4)24-28-34;/h13-14,17-30H,7-12,15-16H2,1-6H3;. The Bertz CT molecular complexity index is 1690. The van der Waals surface area contributed by atoms with Gasteiger partial charge in [-0.2, -0.15) is 0 Å². The second-order valence-corrected chi connectivity index (χ2v) is 22.2. The number of allylic oxidation sites excluding steroid dienone is 2. The van der Waals surface area contributed by atoms with Crippen molar-refractivity contribution in [1.29, 1.82) is 0 Å². The van der Waals surface area contributed by atoms with Crippen LogP contribution in [0.5, 0.6) is 0 Å². The first kappa shape index (κ1) is 32.0. The molecule has 234 valence electrons. The molecule has 2 aliphatic carbocycles. The summed E-state index contributed by atoms with van der Waals surface area (Å²) in [6.07, 6.45) is 9.89. The summed E-state index contributed by atoms with van der Waals surface area (Å²) < 4.78 is 1.37. The Morgan fingerprint density at radius 3 is 1.33 bits per heavy atom. The summed E-state index contributed by atoms with van der Waals surface area (Å²) in [5.41, 5.74) is 19.1. The fourth-order valence-electron chi connectivity index (χ4n) is 8.86. The Morgan fingerprint density at radius 1 is 0.543 bits per heavy atom. The maximum atomic E-state index is 2.75. The van der Waals surface area contributed by atoms with Gasteiger partial charge in [0.1, 0.15) is 0 Å². The molecule has 46 heavy (non-hydrogen) atoms. The number of hydrogen-bond acceptors (Lipinski definition) is 0. The monoisotopic (exact) mass is 696 g/mol. The van der Waals surface area contributed by atoms with Crippen molar-refractivity contribution in [1.82, 2.24) is 0 Å². The van der Waals surface area contributed by atoms with Crippen molar-refractivity contribution < 1.29 is 23.2 Å². The van der Waals surface area contributed by atoms with Gasteiger partial charge in [0, 0.05) is 0 Å². The van der Waals surface area contributed by atoms with Gasteiger partial charge in [0.25, 0.3) is 0 Å². The molecule has 0 aromatic heterocycles. The number of fused-ring (bicyclic) bond motifs is 8. The SMILES string of the molecule is CCCCC1=C2c3c(-c4ccc(CC)cc4)cccc3[CH]1[Zr][CH]1C(CCCC)=C(c3c(-c4ccc(CC)cc4)cccc31)[Si]2(C)C. The predicted octanol–water partition coefficient (Wildman–Crippen LogP) is 12.7. The summed E-state index contributed by atoms with van der Waals surface area (Å²) in [4.78, 5) is 0. The van der Waals surface area contributed by atoms with E-state index in [1.54, 1.807) is 22.3 Å². The van der Waals surface area contributed by atoms with Crippen LogP contribution in [0, 0.1) is 0 Å². The van der Waals surface area contributed by atoms with E-state index in [9.17, 15) is 0 Å². The van der Waals surface area contributed by atoms with Crippen molar-refractivity contribution >= 4 is 18.5 Å². The van der Waals surface area contributed by atoms with Crippen LogP contribution in [0.2, 0.25) is 13.1 Å². The molecule has 0 N–H and O–H groups in total. The molecule has 2 atom stereocenters. The fourth-order valence-corrected chi connectivity index (χ4v) is 19.1. The Balaban J connectivity index is 1.49. The van der Waals surface area contributed by atoms with Crippen molar-refractivity contribution in [2.45, 2.75) is 99.4 Å². The average molecular weight is 698 g/mol. The molecular formula is C44H50SiZr. The maximum absolute atomic E-state index is 2.75. The molecule has 0 spiro atoms. The summed E-state index contributed by atoms with van der Waals surface area (Å²) in [6, 6.07) is 33.9. The second kappa shape index (κ2) is 13.2. The van der Waals surface area contributed by atoms with Crippen molar-refractivity contribution in [2.24, 2.45) is 0 Å². The Morgan fingerprint density at radius 2 is 0.957 bits per heavy atom. The molecular weight excluding hydrogens is 648 g/mol.